The summed E-state index contributed by atoms with van der Waals surface area (Å²) < 4.78 is 11.7. The van der Waals surface area contributed by atoms with E-state index in [9.17, 15) is 15.3 Å². The summed E-state index contributed by atoms with van der Waals surface area (Å²) in [7, 11) is 0. The van der Waals surface area contributed by atoms with Gasteiger partial charge in [-0.15, -0.1) is 0 Å². The van der Waals surface area contributed by atoms with Crippen molar-refractivity contribution in [1.29, 1.82) is 0 Å². The van der Waals surface area contributed by atoms with Crippen LogP contribution in [0.15, 0.2) is 11.6 Å². The highest BCUT2D eigenvalue weighted by Gasteiger charge is 2.59. The minimum atomic E-state index is -1.22. The summed E-state index contributed by atoms with van der Waals surface area (Å²) in [4.78, 5) is 0. The van der Waals surface area contributed by atoms with Gasteiger partial charge in [0, 0.05) is 0 Å². The van der Waals surface area contributed by atoms with Gasteiger partial charge in [-0.1, -0.05) is 65.5 Å². The molecule has 0 amide bonds. The van der Waals surface area contributed by atoms with Crippen LogP contribution in [0.1, 0.15) is 105 Å². The molecule has 4 aliphatic carbocycles. The predicted octanol–water partition coefficient (Wildman–Crippen LogP) is 5.85. The first-order valence-electron chi connectivity index (χ1n) is 15.6. The summed E-state index contributed by atoms with van der Waals surface area (Å²) in [6, 6.07) is 0. The molecule has 12 atom stereocenters. The Labute approximate surface area is 225 Å². The molecule has 0 bridgehead atoms. The lowest BCUT2D eigenvalue weighted by Crippen LogP contribution is -2.55. The van der Waals surface area contributed by atoms with Crippen molar-refractivity contribution in [2.45, 2.75) is 136 Å². The molecule has 0 unspecified atom stereocenters. The summed E-state index contributed by atoms with van der Waals surface area (Å²) in [5.74, 6) is 5.02. The second-order valence-electron chi connectivity index (χ2n) is 14.5. The van der Waals surface area contributed by atoms with E-state index in [1.165, 1.54) is 51.4 Å². The van der Waals surface area contributed by atoms with E-state index in [4.69, 9.17) is 9.47 Å². The fraction of sp³-hybridized carbons (Fsp3) is 0.938. The Morgan fingerprint density at radius 2 is 1.76 bits per heavy atom. The van der Waals surface area contributed by atoms with E-state index in [-0.39, 0.29) is 18.1 Å². The first kappa shape index (κ1) is 28.1. The van der Waals surface area contributed by atoms with Gasteiger partial charge in [-0.2, -0.15) is 0 Å². The van der Waals surface area contributed by atoms with Crippen LogP contribution in [0, 0.1) is 46.3 Å². The third kappa shape index (κ3) is 5.10. The maximum atomic E-state index is 10.3. The molecular weight excluding hydrogens is 464 g/mol. The van der Waals surface area contributed by atoms with Crippen LogP contribution in [0.25, 0.3) is 0 Å². The first-order valence-corrected chi connectivity index (χ1v) is 15.6. The normalized spacial score (nSPS) is 48.7. The summed E-state index contributed by atoms with van der Waals surface area (Å²) >= 11 is 0. The SMILES string of the molecule is CC(C)CCC[C@@H](C)[C@H]1CC[C@H]2[C@@H]3CC=C4C[C@@H](O[C@@H]5OC[C@H](O)[C@H](O)[C@H]5O)CC[C@]4(C)[C@H]3CC[C@]12C. The van der Waals surface area contributed by atoms with Crippen LogP contribution in [0.2, 0.25) is 0 Å². The molecule has 0 radical (unpaired) electrons. The van der Waals surface area contributed by atoms with E-state index in [0.29, 0.717) is 5.41 Å². The van der Waals surface area contributed by atoms with Crippen LogP contribution in [0.5, 0.6) is 0 Å². The van der Waals surface area contributed by atoms with Gasteiger partial charge >= 0.3 is 0 Å². The molecule has 0 spiro atoms. The summed E-state index contributed by atoms with van der Waals surface area (Å²) in [5, 5.41) is 30.1. The molecule has 1 heterocycles. The van der Waals surface area contributed by atoms with Gasteiger partial charge in [-0.05, 0) is 97.7 Å². The molecule has 5 aliphatic rings. The van der Waals surface area contributed by atoms with Gasteiger partial charge in [-0.3, -0.25) is 0 Å². The number of ether oxygens (including phenoxy) is 2. The molecule has 1 aliphatic heterocycles. The van der Waals surface area contributed by atoms with Crippen molar-refractivity contribution < 1.29 is 24.8 Å². The molecule has 0 aromatic rings. The fourth-order valence-electron chi connectivity index (χ4n) is 9.86. The largest absolute Gasteiger partial charge is 0.388 e. The number of rotatable bonds is 7. The third-order valence-electron chi connectivity index (χ3n) is 12.0. The van der Waals surface area contributed by atoms with Crippen LogP contribution in [-0.4, -0.2) is 52.6 Å². The highest BCUT2D eigenvalue weighted by Crippen LogP contribution is 2.67. The second-order valence-corrected chi connectivity index (χ2v) is 14.5. The zero-order valence-electron chi connectivity index (χ0n) is 24.1. The second kappa shape index (κ2) is 10.8. The Hall–Kier alpha value is -0.460. The maximum absolute atomic E-state index is 10.3. The van der Waals surface area contributed by atoms with Crippen LogP contribution in [0.4, 0.5) is 0 Å². The van der Waals surface area contributed by atoms with E-state index in [2.05, 4.69) is 40.7 Å². The molecule has 5 nitrogen and oxygen atoms in total. The summed E-state index contributed by atoms with van der Waals surface area (Å²) in [6.45, 7) is 12.5. The molecule has 3 N–H and O–H groups in total. The van der Waals surface area contributed by atoms with E-state index in [1.54, 1.807) is 5.57 Å². The standard InChI is InChI=1S/C32H54O5/c1-19(2)7-6-8-20(3)24-11-12-25-23-10-9-21-17-22(37-30-29(35)28(34)27(33)18-36-30)13-15-31(21,4)26(23)14-16-32(24,25)5/h9,19-20,22-30,33-35H,6-8,10-18H2,1-5H3/t20-,22+,23+,24-,25+,26+,27+,28+,29-,30+,31+,32-/m1/s1. The zero-order chi connectivity index (χ0) is 26.5. The number of hydrogen-bond donors (Lipinski definition) is 3. The minimum absolute atomic E-state index is 0.00271. The average Bonchev–Trinajstić information content (AvgIpc) is 3.21. The van der Waals surface area contributed by atoms with Crippen molar-refractivity contribution in [3.8, 4) is 0 Å². The summed E-state index contributed by atoms with van der Waals surface area (Å²) in [5.41, 5.74) is 2.32. The van der Waals surface area contributed by atoms with Crippen molar-refractivity contribution >= 4 is 0 Å². The van der Waals surface area contributed by atoms with Gasteiger partial charge in [0.15, 0.2) is 6.29 Å². The monoisotopic (exact) mass is 518 g/mol. The van der Waals surface area contributed by atoms with E-state index in [1.807, 2.05) is 0 Å². The van der Waals surface area contributed by atoms with Crippen LogP contribution in [-0.2, 0) is 9.47 Å². The molecule has 1 saturated heterocycles. The number of allylic oxidation sites excluding steroid dienone is 1. The molecule has 4 fully saturated rings. The molecule has 0 aromatic carbocycles. The topological polar surface area (TPSA) is 79.2 Å². The minimum Gasteiger partial charge on any atom is -0.388 e. The number of hydrogen-bond acceptors (Lipinski definition) is 5. The lowest BCUT2D eigenvalue weighted by molar-refractivity contribution is -0.284. The number of fused-ring (bicyclic) bond motifs is 5. The Morgan fingerprint density at radius 1 is 0.973 bits per heavy atom. The van der Waals surface area contributed by atoms with Crippen molar-refractivity contribution in [3.63, 3.8) is 0 Å². The van der Waals surface area contributed by atoms with Crippen LogP contribution < -0.4 is 0 Å². The smallest absolute Gasteiger partial charge is 0.186 e. The molecule has 5 heteroatoms. The van der Waals surface area contributed by atoms with Crippen molar-refractivity contribution in [3.05, 3.63) is 11.6 Å². The zero-order valence-corrected chi connectivity index (χ0v) is 24.1. The average molecular weight is 519 g/mol. The van der Waals surface area contributed by atoms with Gasteiger partial charge in [0.2, 0.25) is 0 Å². The maximum Gasteiger partial charge on any atom is 0.186 e. The molecule has 37 heavy (non-hydrogen) atoms. The number of aliphatic hydroxyl groups is 3. The summed E-state index contributed by atoms with van der Waals surface area (Å²) in [6.07, 6.45) is 12.2. The van der Waals surface area contributed by atoms with Crippen molar-refractivity contribution in [2.75, 3.05) is 6.61 Å². The van der Waals surface area contributed by atoms with E-state index >= 15 is 0 Å². The van der Waals surface area contributed by atoms with E-state index in [0.717, 1.165) is 54.8 Å². The van der Waals surface area contributed by atoms with Gasteiger partial charge in [0.05, 0.1) is 12.7 Å². The van der Waals surface area contributed by atoms with Crippen molar-refractivity contribution in [2.24, 2.45) is 46.3 Å². The Kier molecular flexibility index (Phi) is 8.23. The lowest BCUT2D eigenvalue weighted by atomic mass is 9.47. The highest BCUT2D eigenvalue weighted by atomic mass is 16.7. The van der Waals surface area contributed by atoms with Crippen molar-refractivity contribution in [1.82, 2.24) is 0 Å². The molecular formula is C32H54O5. The Bertz CT molecular complexity index is 826. The lowest BCUT2D eigenvalue weighted by Gasteiger charge is -2.58. The molecule has 5 rings (SSSR count). The quantitative estimate of drug-likeness (QED) is 0.368. The first-order chi connectivity index (χ1) is 17.5. The third-order valence-corrected chi connectivity index (χ3v) is 12.0. The highest BCUT2D eigenvalue weighted by molar-refractivity contribution is 5.25. The Balaban J connectivity index is 1.24. The molecule has 212 valence electrons. The van der Waals surface area contributed by atoms with Gasteiger partial charge < -0.3 is 24.8 Å². The van der Waals surface area contributed by atoms with E-state index < -0.39 is 24.6 Å². The molecule has 3 saturated carbocycles. The van der Waals surface area contributed by atoms with Gasteiger partial charge in [-0.25, -0.2) is 0 Å². The van der Waals surface area contributed by atoms with Crippen LogP contribution >= 0.6 is 0 Å². The van der Waals surface area contributed by atoms with Gasteiger partial charge in [0.1, 0.15) is 18.3 Å². The Morgan fingerprint density at radius 3 is 2.51 bits per heavy atom. The van der Waals surface area contributed by atoms with Gasteiger partial charge in [0.25, 0.3) is 0 Å². The molecule has 0 aromatic heterocycles. The fourth-order valence-corrected chi connectivity index (χ4v) is 9.86. The van der Waals surface area contributed by atoms with Crippen LogP contribution in [0.3, 0.4) is 0 Å². The predicted molar refractivity (Wildman–Crippen MR) is 146 cm³/mol. The number of aliphatic hydroxyl groups excluding tert-OH is 3.